The van der Waals surface area contributed by atoms with Crippen LogP contribution in [0.4, 0.5) is 13.2 Å². The number of halogens is 3. The van der Waals surface area contributed by atoms with Gasteiger partial charge in [-0.2, -0.15) is 13.2 Å². The van der Waals surface area contributed by atoms with Crippen molar-refractivity contribution < 1.29 is 17.9 Å². The quantitative estimate of drug-likeness (QED) is 0.573. The van der Waals surface area contributed by atoms with Crippen molar-refractivity contribution in [3.8, 4) is 0 Å². The monoisotopic (exact) mass is 550 g/mol. The molecule has 0 radical (unpaired) electrons. The van der Waals surface area contributed by atoms with Crippen LogP contribution < -0.4 is 16.5 Å². The summed E-state index contributed by atoms with van der Waals surface area (Å²) in [6.07, 6.45) is 4.52. The number of nitrogens with zero attached hydrogens (tertiary/aromatic N) is 4. The van der Waals surface area contributed by atoms with Gasteiger partial charge in [-0.05, 0) is 75.1 Å². The summed E-state index contributed by atoms with van der Waals surface area (Å²) in [5.74, 6) is 1.66. The maximum atomic E-state index is 14.3. The molecule has 0 aromatic carbocycles. The van der Waals surface area contributed by atoms with Gasteiger partial charge in [-0.25, -0.2) is 15.6 Å². The summed E-state index contributed by atoms with van der Waals surface area (Å²) in [5.41, 5.74) is 6.07. The van der Waals surface area contributed by atoms with Crippen LogP contribution in [0.15, 0.2) is 23.3 Å². The molecule has 3 aliphatic heterocycles. The second-order valence-electron chi connectivity index (χ2n) is 12.5. The van der Waals surface area contributed by atoms with Crippen LogP contribution in [0, 0.1) is 23.7 Å². The van der Waals surface area contributed by atoms with E-state index in [4.69, 9.17) is 4.74 Å². The lowest BCUT2D eigenvalue weighted by atomic mass is 9.70. The van der Waals surface area contributed by atoms with Gasteiger partial charge in [0.1, 0.15) is 0 Å². The largest absolute Gasteiger partial charge is 0.418 e. The van der Waals surface area contributed by atoms with Gasteiger partial charge in [0.25, 0.3) is 0 Å². The van der Waals surface area contributed by atoms with Crippen LogP contribution in [0.3, 0.4) is 0 Å². The third kappa shape index (κ3) is 5.40. The van der Waals surface area contributed by atoms with Crippen LogP contribution in [-0.2, 0) is 17.5 Å². The molecule has 6 rings (SSSR count). The minimum absolute atomic E-state index is 0.0456. The van der Waals surface area contributed by atoms with E-state index in [9.17, 15) is 18.0 Å². The molecule has 4 fully saturated rings. The Morgan fingerprint density at radius 2 is 1.95 bits per heavy atom. The normalized spacial score (nSPS) is 30.6. The smallest absolute Gasteiger partial charge is 0.381 e. The molecule has 8 nitrogen and oxygen atoms in total. The fourth-order valence-electron chi connectivity index (χ4n) is 7.58. The Kier molecular flexibility index (Phi) is 7.56. The number of fused-ring (bicyclic) bond motifs is 1. The molecule has 0 amide bonds. The fourth-order valence-corrected chi connectivity index (χ4v) is 7.58. The van der Waals surface area contributed by atoms with E-state index in [1.807, 2.05) is 0 Å². The lowest BCUT2D eigenvalue weighted by Gasteiger charge is -2.45. The van der Waals surface area contributed by atoms with Crippen LogP contribution in [0.2, 0.25) is 0 Å². The summed E-state index contributed by atoms with van der Waals surface area (Å²) >= 11 is 0. The van der Waals surface area contributed by atoms with Crippen LogP contribution in [0.1, 0.15) is 62.6 Å². The molecule has 1 aliphatic carbocycles. The highest BCUT2D eigenvalue weighted by atomic mass is 19.4. The molecule has 0 bridgehead atoms. The molecule has 3 unspecified atom stereocenters. The molecule has 2 aromatic rings. The lowest BCUT2D eigenvalue weighted by molar-refractivity contribution is -0.136. The second-order valence-corrected chi connectivity index (χ2v) is 12.5. The summed E-state index contributed by atoms with van der Waals surface area (Å²) in [4.78, 5) is 18.2. The first-order valence-corrected chi connectivity index (χ1v) is 14.5. The number of alkyl halides is 3. The van der Waals surface area contributed by atoms with Crippen LogP contribution in [-0.4, -0.2) is 65.0 Å². The van der Waals surface area contributed by atoms with Gasteiger partial charge in [0, 0.05) is 37.4 Å². The van der Waals surface area contributed by atoms with Crippen molar-refractivity contribution in [3.05, 3.63) is 40.1 Å². The molecule has 1 saturated carbocycles. The number of hydrogen-bond acceptors (Lipinski definition) is 6. The predicted molar refractivity (Wildman–Crippen MR) is 142 cm³/mol. The molecular formula is C28H41F3N6O2. The highest BCUT2D eigenvalue weighted by molar-refractivity contribution is 5.56. The Balaban J connectivity index is 1.31. The zero-order chi connectivity index (χ0) is 27.3. The first-order chi connectivity index (χ1) is 18.7. The van der Waals surface area contributed by atoms with Crippen molar-refractivity contribution in [2.75, 3.05) is 40.0 Å². The summed E-state index contributed by atoms with van der Waals surface area (Å²) in [7, 11) is 2.09. The molecule has 4 aliphatic rings. The van der Waals surface area contributed by atoms with Crippen LogP contribution in [0.5, 0.6) is 0 Å². The minimum Gasteiger partial charge on any atom is -0.381 e. The Morgan fingerprint density at radius 3 is 2.62 bits per heavy atom. The molecular weight excluding hydrogens is 509 g/mol. The van der Waals surface area contributed by atoms with Crippen molar-refractivity contribution in [1.29, 1.82) is 0 Å². The van der Waals surface area contributed by atoms with E-state index in [0.29, 0.717) is 35.8 Å². The molecule has 5 heterocycles. The number of piperidine rings is 1. The van der Waals surface area contributed by atoms with Crippen molar-refractivity contribution in [1.82, 2.24) is 29.6 Å². The molecule has 2 N–H and O–H groups in total. The molecule has 2 aromatic heterocycles. The Hall–Kier alpha value is -1.92. The van der Waals surface area contributed by atoms with Crippen LogP contribution in [0.25, 0.3) is 5.52 Å². The number of nitrogens with one attached hydrogen (secondary N) is 2. The maximum Gasteiger partial charge on any atom is 0.418 e. The van der Waals surface area contributed by atoms with E-state index in [1.54, 1.807) is 10.8 Å². The highest BCUT2D eigenvalue weighted by Crippen LogP contribution is 2.43. The Morgan fingerprint density at radius 1 is 1.13 bits per heavy atom. The minimum atomic E-state index is -4.54. The SMILES string of the molecule is C[C@H]1CCCN(Cc2cc(C(F)(F)F)c3cn(C4CCCC([C@H](C5COC5)C5NNCN5C)C4)c(=O)n3c2)C1. The average molecular weight is 551 g/mol. The number of hydrogen-bond donors (Lipinski definition) is 2. The fraction of sp³-hybridized carbons (Fsp3) is 0.750. The number of rotatable bonds is 6. The predicted octanol–water partition coefficient (Wildman–Crippen LogP) is 3.67. The molecule has 5 atom stereocenters. The zero-order valence-electron chi connectivity index (χ0n) is 22.9. The van der Waals surface area contributed by atoms with Gasteiger partial charge >= 0.3 is 11.9 Å². The van der Waals surface area contributed by atoms with Crippen molar-refractivity contribution >= 4 is 5.52 Å². The number of imidazole rings is 1. The van der Waals surface area contributed by atoms with Gasteiger partial charge in [0.2, 0.25) is 0 Å². The van der Waals surface area contributed by atoms with E-state index in [1.165, 1.54) is 16.7 Å². The summed E-state index contributed by atoms with van der Waals surface area (Å²) in [6.45, 7) is 6.58. The number of aromatic nitrogens is 2. The highest BCUT2D eigenvalue weighted by Gasteiger charge is 2.44. The van der Waals surface area contributed by atoms with Crippen molar-refractivity contribution in [3.63, 3.8) is 0 Å². The summed E-state index contributed by atoms with van der Waals surface area (Å²) in [5, 5.41) is 0. The zero-order valence-corrected chi connectivity index (χ0v) is 22.9. The third-order valence-electron chi connectivity index (χ3n) is 9.55. The van der Waals surface area contributed by atoms with Gasteiger partial charge in [0.05, 0.1) is 37.1 Å². The molecule has 3 saturated heterocycles. The van der Waals surface area contributed by atoms with E-state index < -0.39 is 11.7 Å². The number of hydrazine groups is 1. The molecule has 11 heteroatoms. The van der Waals surface area contributed by atoms with Gasteiger partial charge in [-0.15, -0.1) is 0 Å². The van der Waals surface area contributed by atoms with E-state index >= 15 is 0 Å². The average Bonchev–Trinajstić information content (AvgIpc) is 3.43. The topological polar surface area (TPSA) is 66.2 Å². The van der Waals surface area contributed by atoms with Gasteiger partial charge in [-0.3, -0.25) is 18.8 Å². The van der Waals surface area contributed by atoms with Gasteiger partial charge < -0.3 is 4.74 Å². The molecule has 216 valence electrons. The third-order valence-corrected chi connectivity index (χ3v) is 9.55. The Bertz CT molecular complexity index is 1220. The van der Waals surface area contributed by atoms with E-state index in [-0.39, 0.29) is 23.4 Å². The molecule has 0 spiro atoms. The van der Waals surface area contributed by atoms with Gasteiger partial charge in [-0.1, -0.05) is 13.3 Å². The summed E-state index contributed by atoms with van der Waals surface area (Å²) < 4.78 is 51.2. The standard InChI is InChI=1S/C28H41F3N6O2/c1-18-5-4-8-35(11-18)12-19-9-23(28(29,30)31)24-14-36(27(38)37(24)13-19)22-7-3-6-20(10-22)25(21-15-39-16-21)26-33-32-17-34(26)2/h9,13-14,18,20-22,25-26,32-33H,3-8,10-12,15-17H2,1-2H3/t18-,20?,22?,25+,26?/m0/s1. The number of likely N-dealkylation sites (tertiary alicyclic amines) is 1. The number of ether oxygens (including phenoxy) is 1. The number of pyridine rings is 1. The maximum absolute atomic E-state index is 14.3. The second kappa shape index (κ2) is 10.8. The first kappa shape index (κ1) is 27.3. The van der Waals surface area contributed by atoms with E-state index in [0.717, 1.165) is 71.5 Å². The van der Waals surface area contributed by atoms with E-state index in [2.05, 4.69) is 34.6 Å². The summed E-state index contributed by atoms with van der Waals surface area (Å²) in [6, 6.07) is 1.13. The van der Waals surface area contributed by atoms with Crippen LogP contribution >= 0.6 is 0 Å². The lowest BCUT2D eigenvalue weighted by Crippen LogP contribution is -2.53. The molecule has 39 heavy (non-hydrogen) atoms. The van der Waals surface area contributed by atoms with Gasteiger partial charge in [0.15, 0.2) is 0 Å². The first-order valence-electron chi connectivity index (χ1n) is 14.5. The van der Waals surface area contributed by atoms with Crippen molar-refractivity contribution in [2.24, 2.45) is 23.7 Å². The van der Waals surface area contributed by atoms with Crippen molar-refractivity contribution in [2.45, 2.75) is 70.4 Å². The Labute approximate surface area is 227 Å².